The van der Waals surface area contributed by atoms with Crippen LogP contribution in [0.5, 0.6) is 5.75 Å². The number of piperidine rings is 1. The Kier molecular flexibility index (Phi) is 5.59. The molecule has 4 rings (SSSR count). The Bertz CT molecular complexity index is 1090. The third-order valence-corrected chi connectivity index (χ3v) is 6.52. The standard InChI is InChI=1S/C22H23N3O4S/c1-13-3-5-15(6-4-13)20(26)24-21-23-18-17(29-2)8-7-16(19(18)30-21)14-9-11-25(12-10-14)22(27)28/h3-8,14H,9-12H2,1-2H3,(H,27,28)(H,23,24,26). The molecule has 2 aromatic carbocycles. The largest absolute Gasteiger partial charge is 0.494 e. The molecule has 7 nitrogen and oxygen atoms in total. The zero-order chi connectivity index (χ0) is 21.3. The van der Waals surface area contributed by atoms with Gasteiger partial charge in [0, 0.05) is 18.7 Å². The van der Waals surface area contributed by atoms with Crippen LogP contribution in [0.2, 0.25) is 0 Å². The van der Waals surface area contributed by atoms with Gasteiger partial charge in [0.15, 0.2) is 5.13 Å². The van der Waals surface area contributed by atoms with Crippen LogP contribution in [0.3, 0.4) is 0 Å². The Morgan fingerprint density at radius 2 is 1.87 bits per heavy atom. The van der Waals surface area contributed by atoms with Gasteiger partial charge in [-0.3, -0.25) is 10.1 Å². The minimum atomic E-state index is -0.868. The first-order valence-corrected chi connectivity index (χ1v) is 10.6. The van der Waals surface area contributed by atoms with Crippen LogP contribution >= 0.6 is 11.3 Å². The smallest absolute Gasteiger partial charge is 0.407 e. The number of hydrogen-bond acceptors (Lipinski definition) is 5. The molecule has 2 N–H and O–H groups in total. The Balaban J connectivity index is 1.62. The quantitative estimate of drug-likeness (QED) is 0.631. The van der Waals surface area contributed by atoms with Crippen LogP contribution < -0.4 is 10.1 Å². The Labute approximate surface area is 178 Å². The topological polar surface area (TPSA) is 91.8 Å². The number of hydrogen-bond donors (Lipinski definition) is 2. The summed E-state index contributed by atoms with van der Waals surface area (Å²) in [6, 6.07) is 11.3. The van der Waals surface area contributed by atoms with Gasteiger partial charge >= 0.3 is 6.09 Å². The van der Waals surface area contributed by atoms with Crippen molar-refractivity contribution in [3.63, 3.8) is 0 Å². The number of carbonyl (C=O) groups excluding carboxylic acids is 1. The number of anilines is 1. The lowest BCUT2D eigenvalue weighted by Gasteiger charge is -2.30. The number of aryl methyl sites for hydroxylation is 1. The molecular formula is C22H23N3O4S. The molecule has 0 bridgehead atoms. The number of fused-ring (bicyclic) bond motifs is 1. The highest BCUT2D eigenvalue weighted by atomic mass is 32.1. The van der Waals surface area contributed by atoms with Crippen molar-refractivity contribution in [2.45, 2.75) is 25.7 Å². The predicted octanol–water partition coefficient (Wildman–Crippen LogP) is 4.72. The molecule has 1 aromatic heterocycles. The Morgan fingerprint density at radius 1 is 1.17 bits per heavy atom. The van der Waals surface area contributed by atoms with Crippen molar-refractivity contribution >= 4 is 38.7 Å². The molecular weight excluding hydrogens is 402 g/mol. The van der Waals surface area contributed by atoms with Gasteiger partial charge in [0.1, 0.15) is 11.3 Å². The molecule has 1 fully saturated rings. The number of aromatic nitrogens is 1. The van der Waals surface area contributed by atoms with Gasteiger partial charge < -0.3 is 14.7 Å². The lowest BCUT2D eigenvalue weighted by molar-refractivity contribution is 0.102. The summed E-state index contributed by atoms with van der Waals surface area (Å²) in [6.45, 7) is 3.01. The number of carboxylic acid groups (broad SMARTS) is 1. The second-order valence-electron chi connectivity index (χ2n) is 7.42. The zero-order valence-electron chi connectivity index (χ0n) is 16.8. The van der Waals surface area contributed by atoms with E-state index in [4.69, 9.17) is 4.74 Å². The van der Waals surface area contributed by atoms with Crippen LogP contribution in [0.25, 0.3) is 10.2 Å². The first-order chi connectivity index (χ1) is 14.5. The highest BCUT2D eigenvalue weighted by Gasteiger charge is 2.26. The predicted molar refractivity (Wildman–Crippen MR) is 117 cm³/mol. The SMILES string of the molecule is COc1ccc(C2CCN(C(=O)O)CC2)c2sc(NC(=O)c3ccc(C)cc3)nc12. The molecule has 0 radical (unpaired) electrons. The highest BCUT2D eigenvalue weighted by molar-refractivity contribution is 7.22. The van der Waals surface area contributed by atoms with Crippen molar-refractivity contribution in [1.29, 1.82) is 0 Å². The average Bonchev–Trinajstić information content (AvgIpc) is 3.17. The van der Waals surface area contributed by atoms with Gasteiger partial charge in [-0.2, -0.15) is 0 Å². The number of thiazole rings is 1. The fourth-order valence-corrected chi connectivity index (χ4v) is 4.87. The van der Waals surface area contributed by atoms with E-state index in [2.05, 4.69) is 10.3 Å². The highest BCUT2D eigenvalue weighted by Crippen LogP contribution is 2.41. The van der Waals surface area contributed by atoms with Crippen LogP contribution in [-0.4, -0.2) is 47.2 Å². The molecule has 0 spiro atoms. The maximum absolute atomic E-state index is 12.6. The number of methoxy groups -OCH3 is 1. The van der Waals surface area contributed by atoms with Gasteiger partial charge in [-0.05, 0) is 49.4 Å². The molecule has 156 valence electrons. The normalized spacial score (nSPS) is 14.7. The first kappa shape index (κ1) is 20.2. The van der Waals surface area contributed by atoms with Crippen LogP contribution in [0, 0.1) is 6.92 Å². The van der Waals surface area contributed by atoms with E-state index in [0.717, 1.165) is 34.2 Å². The van der Waals surface area contributed by atoms with Gasteiger partial charge in [0.05, 0.1) is 11.8 Å². The number of benzene rings is 2. The van der Waals surface area contributed by atoms with Crippen LogP contribution in [0.15, 0.2) is 36.4 Å². The van der Waals surface area contributed by atoms with Gasteiger partial charge in [-0.1, -0.05) is 35.1 Å². The number of likely N-dealkylation sites (tertiary alicyclic amines) is 1. The van der Waals surface area contributed by atoms with Crippen LogP contribution in [0.4, 0.5) is 9.93 Å². The van der Waals surface area contributed by atoms with E-state index >= 15 is 0 Å². The van der Waals surface area contributed by atoms with Crippen molar-refractivity contribution in [2.75, 3.05) is 25.5 Å². The number of nitrogens with zero attached hydrogens (tertiary/aromatic N) is 2. The van der Waals surface area contributed by atoms with Crippen molar-refractivity contribution in [1.82, 2.24) is 9.88 Å². The van der Waals surface area contributed by atoms with Crippen molar-refractivity contribution in [3.8, 4) is 5.75 Å². The number of nitrogens with one attached hydrogen (secondary N) is 1. The fourth-order valence-electron chi connectivity index (χ4n) is 3.80. The molecule has 2 heterocycles. The minimum Gasteiger partial charge on any atom is -0.494 e. The van der Waals surface area contributed by atoms with Crippen LogP contribution in [0.1, 0.15) is 40.2 Å². The lowest BCUT2D eigenvalue weighted by Crippen LogP contribution is -2.36. The Hall–Kier alpha value is -3.13. The van der Waals surface area contributed by atoms with E-state index in [0.29, 0.717) is 29.5 Å². The molecule has 8 heteroatoms. The summed E-state index contributed by atoms with van der Waals surface area (Å²) in [5.41, 5.74) is 3.52. The number of ether oxygens (including phenoxy) is 1. The monoisotopic (exact) mass is 425 g/mol. The van der Waals surface area contributed by atoms with E-state index in [-0.39, 0.29) is 11.8 Å². The Morgan fingerprint density at radius 3 is 2.50 bits per heavy atom. The third kappa shape index (κ3) is 3.95. The zero-order valence-corrected chi connectivity index (χ0v) is 17.7. The molecule has 0 unspecified atom stereocenters. The van der Waals surface area contributed by atoms with Gasteiger partial charge in [0.2, 0.25) is 0 Å². The second-order valence-corrected chi connectivity index (χ2v) is 8.42. The van der Waals surface area contributed by atoms with Gasteiger partial charge in [-0.25, -0.2) is 9.78 Å². The van der Waals surface area contributed by atoms with E-state index in [1.54, 1.807) is 19.2 Å². The molecule has 0 saturated carbocycles. The maximum Gasteiger partial charge on any atom is 0.407 e. The summed E-state index contributed by atoms with van der Waals surface area (Å²) < 4.78 is 6.45. The van der Waals surface area contributed by atoms with Gasteiger partial charge in [0.25, 0.3) is 5.91 Å². The maximum atomic E-state index is 12.6. The summed E-state index contributed by atoms with van der Waals surface area (Å²) >= 11 is 1.43. The van der Waals surface area contributed by atoms with Crippen molar-refractivity contribution in [2.24, 2.45) is 0 Å². The number of carbonyl (C=O) groups is 2. The minimum absolute atomic E-state index is 0.204. The molecule has 0 aliphatic carbocycles. The molecule has 1 aliphatic heterocycles. The van der Waals surface area contributed by atoms with Gasteiger partial charge in [-0.15, -0.1) is 0 Å². The summed E-state index contributed by atoms with van der Waals surface area (Å²) in [5.74, 6) is 0.697. The number of rotatable bonds is 4. The summed E-state index contributed by atoms with van der Waals surface area (Å²) in [7, 11) is 1.60. The summed E-state index contributed by atoms with van der Waals surface area (Å²) in [5, 5.41) is 12.6. The van der Waals surface area contributed by atoms with Crippen LogP contribution in [-0.2, 0) is 0 Å². The molecule has 30 heavy (non-hydrogen) atoms. The average molecular weight is 426 g/mol. The lowest BCUT2D eigenvalue weighted by atomic mass is 9.89. The summed E-state index contributed by atoms with van der Waals surface area (Å²) in [6.07, 6.45) is 0.653. The van der Waals surface area contributed by atoms with E-state index in [1.165, 1.54) is 16.2 Å². The molecule has 0 atom stereocenters. The molecule has 2 amide bonds. The number of amides is 2. The van der Waals surface area contributed by atoms with E-state index in [9.17, 15) is 14.7 Å². The van der Waals surface area contributed by atoms with Crippen molar-refractivity contribution in [3.05, 3.63) is 53.1 Å². The summed E-state index contributed by atoms with van der Waals surface area (Å²) in [4.78, 5) is 29.9. The van der Waals surface area contributed by atoms with Crippen molar-refractivity contribution < 1.29 is 19.4 Å². The third-order valence-electron chi connectivity index (χ3n) is 5.50. The van der Waals surface area contributed by atoms with E-state index in [1.807, 2.05) is 31.2 Å². The second kappa shape index (κ2) is 8.31. The fraction of sp³-hybridized carbons (Fsp3) is 0.318. The first-order valence-electron chi connectivity index (χ1n) is 9.79. The van der Waals surface area contributed by atoms with E-state index < -0.39 is 6.09 Å². The molecule has 1 saturated heterocycles. The molecule has 3 aromatic rings. The molecule has 1 aliphatic rings.